The molecule has 2 aromatic heterocycles. The highest BCUT2D eigenvalue weighted by Gasteiger charge is 2.22. The van der Waals surface area contributed by atoms with Crippen molar-refractivity contribution in [3.05, 3.63) is 76.2 Å². The van der Waals surface area contributed by atoms with Crippen LogP contribution in [0.3, 0.4) is 0 Å². The van der Waals surface area contributed by atoms with E-state index in [1.165, 1.54) is 12.1 Å². The summed E-state index contributed by atoms with van der Waals surface area (Å²) >= 11 is 0. The summed E-state index contributed by atoms with van der Waals surface area (Å²) in [6.07, 6.45) is 0. The second-order valence-electron chi connectivity index (χ2n) is 8.40. The predicted octanol–water partition coefficient (Wildman–Crippen LogP) is 3.59. The maximum atomic E-state index is 13.2. The molecule has 1 aliphatic heterocycles. The zero-order valence-electron chi connectivity index (χ0n) is 18.4. The van der Waals surface area contributed by atoms with Gasteiger partial charge in [0, 0.05) is 62.3 Å². The van der Waals surface area contributed by atoms with E-state index < -0.39 is 0 Å². The van der Waals surface area contributed by atoms with Gasteiger partial charge in [-0.1, -0.05) is 17.3 Å². The average molecular weight is 425 g/mol. The first-order chi connectivity index (χ1) is 14.9. The van der Waals surface area contributed by atoms with Crippen molar-refractivity contribution in [3.8, 4) is 0 Å². The Bertz CT molecular complexity index is 1050. The number of nitrogens with zero attached hydrogens (tertiary/aromatic N) is 4. The summed E-state index contributed by atoms with van der Waals surface area (Å²) in [5.41, 5.74) is 4.75. The number of Topliss-reactive ketones (excluding diaryl/α,β-unsaturated/α-hetero) is 1. The Morgan fingerprint density at radius 1 is 1.00 bits per heavy atom. The van der Waals surface area contributed by atoms with Crippen LogP contribution in [0.2, 0.25) is 0 Å². The summed E-state index contributed by atoms with van der Waals surface area (Å²) in [5, 5.41) is 4.07. The van der Waals surface area contributed by atoms with Crippen LogP contribution < -0.4 is 0 Å². The zero-order valence-corrected chi connectivity index (χ0v) is 18.4. The number of carbonyl (C=O) groups is 1. The van der Waals surface area contributed by atoms with Gasteiger partial charge in [0.25, 0.3) is 0 Å². The number of rotatable bonds is 7. The van der Waals surface area contributed by atoms with Crippen LogP contribution in [0.1, 0.15) is 38.8 Å². The molecule has 0 saturated carbocycles. The maximum Gasteiger partial charge on any atom is 0.178 e. The molecule has 0 atom stereocenters. The molecule has 6 nitrogen and oxygen atoms in total. The summed E-state index contributed by atoms with van der Waals surface area (Å²) in [6, 6.07) is 10.5. The van der Waals surface area contributed by atoms with Gasteiger partial charge in [-0.2, -0.15) is 0 Å². The molecule has 0 unspecified atom stereocenters. The lowest BCUT2D eigenvalue weighted by molar-refractivity contribution is 0.0840. The number of benzene rings is 1. The van der Waals surface area contributed by atoms with Gasteiger partial charge < -0.3 is 9.09 Å². The summed E-state index contributed by atoms with van der Waals surface area (Å²) in [7, 11) is 0. The standard InChI is InChI=1S/C24H29FN4O2/c1-17-12-23(19(3)29(17)14-20-4-6-21(25)7-5-20)24(30)16-28-10-8-27(9-11-28)15-22-13-18(2)31-26-22/h4-7,12-13H,8-11,14-16H2,1-3H3. The molecule has 3 aromatic rings. The molecule has 0 aliphatic carbocycles. The van der Waals surface area contributed by atoms with Gasteiger partial charge in [-0.15, -0.1) is 0 Å². The first kappa shape index (κ1) is 21.5. The lowest BCUT2D eigenvalue weighted by Crippen LogP contribution is -2.47. The topological polar surface area (TPSA) is 54.5 Å². The number of ketones is 1. The number of hydrogen-bond acceptors (Lipinski definition) is 5. The van der Waals surface area contributed by atoms with Crippen molar-refractivity contribution in [3.63, 3.8) is 0 Å². The average Bonchev–Trinajstić information content (AvgIpc) is 3.28. The molecule has 1 fully saturated rings. The van der Waals surface area contributed by atoms with Gasteiger partial charge >= 0.3 is 0 Å². The molecule has 164 valence electrons. The lowest BCUT2D eigenvalue weighted by atomic mass is 10.1. The maximum absolute atomic E-state index is 13.2. The first-order valence-electron chi connectivity index (χ1n) is 10.7. The van der Waals surface area contributed by atoms with Crippen molar-refractivity contribution in [2.24, 2.45) is 0 Å². The van der Waals surface area contributed by atoms with Crippen molar-refractivity contribution < 1.29 is 13.7 Å². The molecule has 0 amide bonds. The SMILES string of the molecule is Cc1cc(CN2CCN(CC(=O)c3cc(C)n(Cc4ccc(F)cc4)c3C)CC2)no1. The van der Waals surface area contributed by atoms with E-state index in [2.05, 4.69) is 19.5 Å². The van der Waals surface area contributed by atoms with Crippen molar-refractivity contribution in [2.45, 2.75) is 33.9 Å². The largest absolute Gasteiger partial charge is 0.361 e. The number of aromatic nitrogens is 2. The molecule has 1 aliphatic rings. The molecule has 1 aromatic carbocycles. The quantitative estimate of drug-likeness (QED) is 0.543. The van der Waals surface area contributed by atoms with Gasteiger partial charge in [-0.3, -0.25) is 14.6 Å². The van der Waals surface area contributed by atoms with Gasteiger partial charge in [-0.05, 0) is 44.5 Å². The lowest BCUT2D eigenvalue weighted by Gasteiger charge is -2.33. The third-order valence-corrected chi connectivity index (χ3v) is 6.02. The van der Waals surface area contributed by atoms with E-state index >= 15 is 0 Å². The molecule has 7 heteroatoms. The van der Waals surface area contributed by atoms with Crippen molar-refractivity contribution >= 4 is 5.78 Å². The second kappa shape index (κ2) is 9.16. The van der Waals surface area contributed by atoms with E-state index in [0.29, 0.717) is 13.1 Å². The van der Waals surface area contributed by atoms with Crippen molar-refractivity contribution in [1.82, 2.24) is 19.5 Å². The van der Waals surface area contributed by atoms with E-state index in [1.807, 2.05) is 32.9 Å². The molecule has 4 rings (SSSR count). The van der Waals surface area contributed by atoms with Crippen molar-refractivity contribution in [2.75, 3.05) is 32.7 Å². The van der Waals surface area contributed by atoms with Crippen LogP contribution in [0, 0.1) is 26.6 Å². The number of piperazine rings is 1. The fourth-order valence-electron chi connectivity index (χ4n) is 4.21. The summed E-state index contributed by atoms with van der Waals surface area (Å²) in [5.74, 6) is 0.743. The number of hydrogen-bond donors (Lipinski definition) is 0. The molecule has 1 saturated heterocycles. The van der Waals surface area contributed by atoms with E-state index in [-0.39, 0.29) is 11.6 Å². The molecule has 0 spiro atoms. The molecule has 0 radical (unpaired) electrons. The van der Waals surface area contributed by atoms with Gasteiger partial charge in [0.15, 0.2) is 5.78 Å². The fourth-order valence-corrected chi connectivity index (χ4v) is 4.21. The Balaban J connectivity index is 1.34. The van der Waals surface area contributed by atoms with Gasteiger partial charge in [0.05, 0.1) is 12.2 Å². The van der Waals surface area contributed by atoms with E-state index in [4.69, 9.17) is 4.52 Å². The van der Waals surface area contributed by atoms with Crippen LogP contribution >= 0.6 is 0 Å². The summed E-state index contributed by atoms with van der Waals surface area (Å²) in [4.78, 5) is 17.6. The number of halogens is 1. The summed E-state index contributed by atoms with van der Waals surface area (Å²) in [6.45, 7) is 11.3. The normalized spacial score (nSPS) is 15.5. The highest BCUT2D eigenvalue weighted by atomic mass is 19.1. The Hall–Kier alpha value is -2.77. The molecule has 0 N–H and O–H groups in total. The number of aryl methyl sites for hydroxylation is 2. The Morgan fingerprint density at radius 3 is 2.32 bits per heavy atom. The van der Waals surface area contributed by atoms with Crippen molar-refractivity contribution in [1.29, 1.82) is 0 Å². The molecule has 31 heavy (non-hydrogen) atoms. The molecular formula is C24H29FN4O2. The van der Waals surface area contributed by atoms with Gasteiger partial charge in [0.1, 0.15) is 11.6 Å². The molecule has 0 bridgehead atoms. The smallest absolute Gasteiger partial charge is 0.178 e. The van der Waals surface area contributed by atoms with E-state index in [1.54, 1.807) is 12.1 Å². The highest BCUT2D eigenvalue weighted by molar-refractivity contribution is 5.99. The van der Waals surface area contributed by atoms with Crippen LogP contribution in [-0.4, -0.2) is 58.0 Å². The van der Waals surface area contributed by atoms with Gasteiger partial charge in [-0.25, -0.2) is 4.39 Å². The van der Waals surface area contributed by atoms with Crippen LogP contribution in [-0.2, 0) is 13.1 Å². The van der Waals surface area contributed by atoms with Crippen LogP contribution in [0.15, 0.2) is 40.9 Å². The Morgan fingerprint density at radius 2 is 1.68 bits per heavy atom. The third-order valence-electron chi connectivity index (χ3n) is 6.02. The van der Waals surface area contributed by atoms with E-state index in [9.17, 15) is 9.18 Å². The minimum absolute atomic E-state index is 0.152. The summed E-state index contributed by atoms with van der Waals surface area (Å²) < 4.78 is 20.5. The molecule has 3 heterocycles. The number of carbonyl (C=O) groups excluding carboxylic acids is 1. The van der Waals surface area contributed by atoms with E-state index in [0.717, 1.165) is 66.7 Å². The fraction of sp³-hybridized carbons (Fsp3) is 0.417. The zero-order chi connectivity index (χ0) is 22.0. The highest BCUT2D eigenvalue weighted by Crippen LogP contribution is 2.19. The monoisotopic (exact) mass is 424 g/mol. The second-order valence-corrected chi connectivity index (χ2v) is 8.40. The first-order valence-corrected chi connectivity index (χ1v) is 10.7. The Labute approximate surface area is 182 Å². The minimum atomic E-state index is -0.239. The Kier molecular flexibility index (Phi) is 6.34. The van der Waals surface area contributed by atoms with Crippen LogP contribution in [0.25, 0.3) is 0 Å². The predicted molar refractivity (Wildman–Crippen MR) is 117 cm³/mol. The third kappa shape index (κ3) is 5.11. The minimum Gasteiger partial charge on any atom is -0.361 e. The van der Waals surface area contributed by atoms with Gasteiger partial charge in [0.2, 0.25) is 0 Å². The molecular weight excluding hydrogens is 395 g/mol. The van der Waals surface area contributed by atoms with Crippen LogP contribution in [0.4, 0.5) is 4.39 Å². The van der Waals surface area contributed by atoms with Crippen LogP contribution in [0.5, 0.6) is 0 Å².